The number of rotatable bonds is 5. The van der Waals surface area contributed by atoms with Gasteiger partial charge >= 0.3 is 0 Å². The molecule has 0 amide bonds. The maximum Gasteiger partial charge on any atom is 0.127 e. The van der Waals surface area contributed by atoms with Crippen LogP contribution in [0.15, 0.2) is 36.7 Å². The van der Waals surface area contributed by atoms with Crippen LogP contribution in [-0.2, 0) is 13.0 Å². The smallest absolute Gasteiger partial charge is 0.127 e. The monoisotopic (exact) mass is 264 g/mol. The second-order valence-corrected chi connectivity index (χ2v) is 4.49. The molecule has 0 aliphatic carbocycles. The van der Waals surface area contributed by atoms with E-state index in [1.807, 2.05) is 30.5 Å². The van der Waals surface area contributed by atoms with Gasteiger partial charge in [-0.05, 0) is 25.0 Å². The molecule has 4 nitrogen and oxygen atoms in total. The summed E-state index contributed by atoms with van der Waals surface area (Å²) in [5.74, 6) is 6.57. The molecule has 0 saturated carbocycles. The molecule has 5 heteroatoms. The normalized spacial score (nSPS) is 12.6. The van der Waals surface area contributed by atoms with E-state index in [0.717, 1.165) is 23.0 Å². The van der Waals surface area contributed by atoms with E-state index in [4.69, 9.17) is 17.4 Å². The van der Waals surface area contributed by atoms with Gasteiger partial charge in [-0.1, -0.05) is 29.8 Å². The summed E-state index contributed by atoms with van der Waals surface area (Å²) in [7, 11) is 0. The van der Waals surface area contributed by atoms with Crippen molar-refractivity contribution in [2.75, 3.05) is 0 Å². The lowest BCUT2D eigenvalue weighted by atomic mass is 10.1. The molecule has 1 aromatic heterocycles. The zero-order valence-electron chi connectivity index (χ0n) is 10.3. The molecule has 0 saturated heterocycles. The van der Waals surface area contributed by atoms with Crippen molar-refractivity contribution >= 4 is 11.6 Å². The first-order valence-electron chi connectivity index (χ1n) is 5.96. The summed E-state index contributed by atoms with van der Waals surface area (Å²) in [4.78, 5) is 4.36. The third-order valence-electron chi connectivity index (χ3n) is 2.98. The molecule has 1 unspecified atom stereocenters. The molecule has 1 heterocycles. The van der Waals surface area contributed by atoms with Gasteiger partial charge in [0, 0.05) is 24.0 Å². The minimum absolute atomic E-state index is 0.0418. The summed E-state index contributed by atoms with van der Waals surface area (Å²) in [6.45, 7) is 2.95. The second kappa shape index (κ2) is 6.00. The van der Waals surface area contributed by atoms with Crippen molar-refractivity contribution in [1.82, 2.24) is 15.0 Å². The Labute approximate surface area is 112 Å². The van der Waals surface area contributed by atoms with Gasteiger partial charge in [0.05, 0.1) is 6.04 Å². The lowest BCUT2D eigenvalue weighted by molar-refractivity contribution is 0.496. The van der Waals surface area contributed by atoms with Crippen molar-refractivity contribution in [3.8, 4) is 0 Å². The van der Waals surface area contributed by atoms with Crippen LogP contribution in [0.5, 0.6) is 0 Å². The summed E-state index contributed by atoms with van der Waals surface area (Å²) in [6.07, 6.45) is 4.45. The Hall–Kier alpha value is -1.36. The maximum absolute atomic E-state index is 6.16. The number of nitrogens with zero attached hydrogens (tertiary/aromatic N) is 2. The largest absolute Gasteiger partial charge is 0.334 e. The quantitative estimate of drug-likeness (QED) is 0.644. The van der Waals surface area contributed by atoms with Crippen molar-refractivity contribution in [2.45, 2.75) is 25.9 Å². The first kappa shape index (κ1) is 13.1. The number of imidazole rings is 1. The molecule has 0 bridgehead atoms. The molecular weight excluding hydrogens is 248 g/mol. The summed E-state index contributed by atoms with van der Waals surface area (Å²) >= 11 is 6.16. The predicted molar refractivity (Wildman–Crippen MR) is 73.1 cm³/mol. The number of aryl methyl sites for hydroxylation is 1. The highest BCUT2D eigenvalue weighted by Gasteiger charge is 2.16. The molecule has 1 atom stereocenters. The highest BCUT2D eigenvalue weighted by molar-refractivity contribution is 6.31. The van der Waals surface area contributed by atoms with Crippen LogP contribution in [0.3, 0.4) is 0 Å². The van der Waals surface area contributed by atoms with Crippen molar-refractivity contribution in [3.05, 3.63) is 53.1 Å². The SMILES string of the molecule is CCn1ccnc1C(Cc1ccccc1Cl)NN. The summed E-state index contributed by atoms with van der Waals surface area (Å²) in [5, 5.41) is 0.757. The fourth-order valence-electron chi connectivity index (χ4n) is 2.01. The molecule has 2 rings (SSSR count). The molecule has 96 valence electrons. The van der Waals surface area contributed by atoms with Gasteiger partial charge in [0.1, 0.15) is 5.82 Å². The molecule has 0 aliphatic heterocycles. The van der Waals surface area contributed by atoms with Crippen LogP contribution in [0.25, 0.3) is 0 Å². The molecule has 3 N–H and O–H groups in total. The molecule has 0 spiro atoms. The van der Waals surface area contributed by atoms with Gasteiger partial charge < -0.3 is 4.57 Å². The second-order valence-electron chi connectivity index (χ2n) is 4.09. The van der Waals surface area contributed by atoms with E-state index in [-0.39, 0.29) is 6.04 Å². The molecular formula is C13H17ClN4. The number of nitrogens with one attached hydrogen (secondary N) is 1. The number of halogens is 1. The minimum atomic E-state index is -0.0418. The van der Waals surface area contributed by atoms with Crippen molar-refractivity contribution in [1.29, 1.82) is 0 Å². The lowest BCUT2D eigenvalue weighted by Gasteiger charge is -2.17. The van der Waals surface area contributed by atoms with E-state index in [9.17, 15) is 0 Å². The van der Waals surface area contributed by atoms with Gasteiger partial charge in [-0.2, -0.15) is 0 Å². The number of aromatic nitrogens is 2. The van der Waals surface area contributed by atoms with E-state index >= 15 is 0 Å². The fraction of sp³-hybridized carbons (Fsp3) is 0.308. The molecule has 2 aromatic rings. The van der Waals surface area contributed by atoms with Crippen LogP contribution in [-0.4, -0.2) is 9.55 Å². The topological polar surface area (TPSA) is 55.9 Å². The van der Waals surface area contributed by atoms with E-state index in [0.29, 0.717) is 6.42 Å². The zero-order valence-corrected chi connectivity index (χ0v) is 11.1. The molecule has 1 aromatic carbocycles. The van der Waals surface area contributed by atoms with Crippen LogP contribution in [0, 0.1) is 0 Å². The average Bonchev–Trinajstić information content (AvgIpc) is 2.86. The Kier molecular flexibility index (Phi) is 4.36. The van der Waals surface area contributed by atoms with Crippen molar-refractivity contribution in [3.63, 3.8) is 0 Å². The Bertz CT molecular complexity index is 509. The number of hydrogen-bond acceptors (Lipinski definition) is 3. The fourth-order valence-corrected chi connectivity index (χ4v) is 2.22. The zero-order chi connectivity index (χ0) is 13.0. The van der Waals surface area contributed by atoms with Gasteiger partial charge in [-0.25, -0.2) is 10.4 Å². The molecule has 0 radical (unpaired) electrons. The van der Waals surface area contributed by atoms with Crippen molar-refractivity contribution in [2.24, 2.45) is 5.84 Å². The molecule has 18 heavy (non-hydrogen) atoms. The Morgan fingerprint density at radius 1 is 1.44 bits per heavy atom. The third kappa shape index (κ3) is 2.72. The van der Waals surface area contributed by atoms with E-state index in [1.165, 1.54) is 0 Å². The Morgan fingerprint density at radius 2 is 2.22 bits per heavy atom. The van der Waals surface area contributed by atoms with Gasteiger partial charge in [0.25, 0.3) is 0 Å². The predicted octanol–water partition coefficient (Wildman–Crippen LogP) is 2.30. The van der Waals surface area contributed by atoms with Gasteiger partial charge in [-0.15, -0.1) is 0 Å². The standard InChI is InChI=1S/C13H17ClN4/c1-2-18-8-7-16-13(18)12(17-15)9-10-5-3-4-6-11(10)14/h3-8,12,17H,2,9,15H2,1H3. The van der Waals surface area contributed by atoms with Crippen molar-refractivity contribution < 1.29 is 0 Å². The van der Waals surface area contributed by atoms with Crippen LogP contribution >= 0.6 is 11.6 Å². The van der Waals surface area contributed by atoms with E-state index < -0.39 is 0 Å². The van der Waals surface area contributed by atoms with Gasteiger partial charge in [-0.3, -0.25) is 5.84 Å². The summed E-state index contributed by atoms with van der Waals surface area (Å²) in [5.41, 5.74) is 3.88. The first-order chi connectivity index (χ1) is 8.76. The average molecular weight is 265 g/mol. The number of benzene rings is 1. The Morgan fingerprint density at radius 3 is 2.89 bits per heavy atom. The maximum atomic E-state index is 6.16. The first-order valence-corrected chi connectivity index (χ1v) is 6.34. The van der Waals surface area contributed by atoms with Crippen LogP contribution in [0.1, 0.15) is 24.4 Å². The summed E-state index contributed by atoms with van der Waals surface area (Å²) in [6, 6.07) is 7.74. The van der Waals surface area contributed by atoms with E-state index in [1.54, 1.807) is 6.20 Å². The number of hydrazine groups is 1. The number of nitrogens with two attached hydrogens (primary N) is 1. The van der Waals surface area contributed by atoms with Crippen LogP contribution in [0.2, 0.25) is 5.02 Å². The molecule has 0 fully saturated rings. The summed E-state index contributed by atoms with van der Waals surface area (Å²) < 4.78 is 2.07. The lowest BCUT2D eigenvalue weighted by Crippen LogP contribution is -2.31. The Balaban J connectivity index is 2.23. The van der Waals surface area contributed by atoms with E-state index in [2.05, 4.69) is 21.9 Å². The highest BCUT2D eigenvalue weighted by atomic mass is 35.5. The highest BCUT2D eigenvalue weighted by Crippen LogP contribution is 2.22. The molecule has 0 aliphatic rings. The minimum Gasteiger partial charge on any atom is -0.334 e. The van der Waals surface area contributed by atoms with Crippen LogP contribution in [0.4, 0.5) is 0 Å². The van der Waals surface area contributed by atoms with Gasteiger partial charge in [0.2, 0.25) is 0 Å². The van der Waals surface area contributed by atoms with Crippen LogP contribution < -0.4 is 11.3 Å². The van der Waals surface area contributed by atoms with Gasteiger partial charge in [0.15, 0.2) is 0 Å². The third-order valence-corrected chi connectivity index (χ3v) is 3.35. The number of hydrogen-bond donors (Lipinski definition) is 2.